The third-order valence-electron chi connectivity index (χ3n) is 7.76. The number of carbonyl (C=O) groups is 1. The lowest BCUT2D eigenvalue weighted by Crippen LogP contribution is -2.40. The number of hydrogen-bond donors (Lipinski definition) is 1. The van der Waals surface area contributed by atoms with Gasteiger partial charge < -0.3 is 15.0 Å². The summed E-state index contributed by atoms with van der Waals surface area (Å²) >= 11 is 1.56. The molecule has 0 atom stereocenters. The first-order valence-corrected chi connectivity index (χ1v) is 15.9. The Morgan fingerprint density at radius 1 is 1.02 bits per heavy atom. The van der Waals surface area contributed by atoms with Crippen molar-refractivity contribution in [1.29, 1.82) is 0 Å². The van der Waals surface area contributed by atoms with E-state index >= 15 is 0 Å². The standard InChI is InChI=1S/C34H44N4O4S/c1-24(2)30-8-6-9-31(25(3)4)33(30)35-34(39)37(17-7-16-36-18-20-42-21-19-36)23-27-22-28(38(40)41)12-15-32(27)43-29-13-10-26(5)11-14-29/h6,8-15,22,24-25H,7,16-21,23H2,1-5H3,(H,35,39). The van der Waals surface area contributed by atoms with Crippen molar-refractivity contribution < 1.29 is 14.5 Å². The Labute approximate surface area is 259 Å². The lowest BCUT2D eigenvalue weighted by atomic mass is 9.93. The summed E-state index contributed by atoms with van der Waals surface area (Å²) in [6, 6.07) is 19.2. The van der Waals surface area contributed by atoms with Gasteiger partial charge in [0.15, 0.2) is 0 Å². The largest absolute Gasteiger partial charge is 0.379 e. The predicted molar refractivity (Wildman–Crippen MR) is 174 cm³/mol. The summed E-state index contributed by atoms with van der Waals surface area (Å²) in [6.07, 6.45) is 0.783. The summed E-state index contributed by atoms with van der Waals surface area (Å²) in [5.41, 5.74) is 4.99. The maximum Gasteiger partial charge on any atom is 0.322 e. The van der Waals surface area contributed by atoms with Gasteiger partial charge in [-0.2, -0.15) is 0 Å². The number of rotatable bonds is 12. The summed E-state index contributed by atoms with van der Waals surface area (Å²) < 4.78 is 5.50. The van der Waals surface area contributed by atoms with Crippen LogP contribution in [0.25, 0.3) is 0 Å². The Kier molecular flexibility index (Phi) is 11.6. The minimum Gasteiger partial charge on any atom is -0.379 e. The lowest BCUT2D eigenvalue weighted by Gasteiger charge is -2.29. The van der Waals surface area contributed by atoms with E-state index in [0.29, 0.717) is 6.54 Å². The summed E-state index contributed by atoms with van der Waals surface area (Å²) in [7, 11) is 0. The van der Waals surface area contributed by atoms with E-state index in [1.54, 1.807) is 28.8 Å². The number of benzene rings is 3. The van der Waals surface area contributed by atoms with Crippen LogP contribution in [0.4, 0.5) is 16.2 Å². The van der Waals surface area contributed by atoms with Gasteiger partial charge in [0.2, 0.25) is 0 Å². The van der Waals surface area contributed by atoms with Crippen molar-refractivity contribution in [3.63, 3.8) is 0 Å². The Bertz CT molecular complexity index is 1360. The van der Waals surface area contributed by atoms with E-state index < -0.39 is 0 Å². The van der Waals surface area contributed by atoms with Crippen molar-refractivity contribution in [2.75, 3.05) is 44.7 Å². The molecule has 1 aliphatic rings. The van der Waals surface area contributed by atoms with Crippen LogP contribution in [0, 0.1) is 17.0 Å². The number of nitro benzene ring substituents is 1. The molecule has 1 heterocycles. The maximum atomic E-state index is 14.1. The second kappa shape index (κ2) is 15.4. The van der Waals surface area contributed by atoms with E-state index in [1.807, 2.05) is 19.1 Å². The molecule has 230 valence electrons. The van der Waals surface area contributed by atoms with Crippen LogP contribution in [-0.4, -0.2) is 60.1 Å². The Balaban J connectivity index is 1.65. The maximum absolute atomic E-state index is 14.1. The third kappa shape index (κ3) is 9.05. The van der Waals surface area contributed by atoms with Crippen LogP contribution in [0.15, 0.2) is 70.5 Å². The van der Waals surface area contributed by atoms with Crippen LogP contribution in [0.1, 0.15) is 68.2 Å². The lowest BCUT2D eigenvalue weighted by molar-refractivity contribution is -0.385. The SMILES string of the molecule is Cc1ccc(Sc2ccc([N+](=O)[O-])cc2CN(CCCN2CCOCC2)C(=O)Nc2c(C(C)C)cccc2C(C)C)cc1. The molecule has 1 saturated heterocycles. The van der Waals surface area contributed by atoms with Crippen molar-refractivity contribution >= 4 is 29.2 Å². The van der Waals surface area contributed by atoms with Gasteiger partial charge in [-0.15, -0.1) is 0 Å². The summed E-state index contributed by atoms with van der Waals surface area (Å²) in [5.74, 6) is 0.469. The van der Waals surface area contributed by atoms with Gasteiger partial charge in [-0.05, 0) is 60.1 Å². The molecule has 0 radical (unpaired) electrons. The first-order chi connectivity index (χ1) is 20.6. The monoisotopic (exact) mass is 604 g/mol. The zero-order chi connectivity index (χ0) is 30.9. The molecule has 2 amide bonds. The highest BCUT2D eigenvalue weighted by Gasteiger charge is 2.23. The average Bonchev–Trinajstić information content (AvgIpc) is 2.98. The van der Waals surface area contributed by atoms with Crippen LogP contribution in [-0.2, 0) is 11.3 Å². The molecule has 4 rings (SSSR count). The molecule has 0 unspecified atom stereocenters. The van der Waals surface area contributed by atoms with Crippen LogP contribution in [0.5, 0.6) is 0 Å². The van der Waals surface area contributed by atoms with Gasteiger partial charge in [-0.1, -0.05) is 75.4 Å². The minimum atomic E-state index is -0.375. The molecule has 0 bridgehead atoms. The van der Waals surface area contributed by atoms with Crippen LogP contribution in [0.3, 0.4) is 0 Å². The van der Waals surface area contributed by atoms with E-state index in [4.69, 9.17) is 4.74 Å². The summed E-state index contributed by atoms with van der Waals surface area (Å²) in [5, 5.41) is 15.0. The fraction of sp³-hybridized carbons (Fsp3) is 0.441. The zero-order valence-corrected chi connectivity index (χ0v) is 26.8. The number of hydrogen-bond acceptors (Lipinski definition) is 6. The van der Waals surface area contributed by atoms with E-state index in [9.17, 15) is 14.9 Å². The highest BCUT2D eigenvalue weighted by atomic mass is 32.2. The molecule has 1 aliphatic heterocycles. The highest BCUT2D eigenvalue weighted by Crippen LogP contribution is 2.35. The van der Waals surface area contributed by atoms with Crippen LogP contribution in [0.2, 0.25) is 0 Å². The molecule has 0 saturated carbocycles. The molecule has 43 heavy (non-hydrogen) atoms. The molecule has 8 nitrogen and oxygen atoms in total. The van der Waals surface area contributed by atoms with Gasteiger partial charge in [0.05, 0.1) is 18.1 Å². The first-order valence-electron chi connectivity index (χ1n) is 15.1. The molecule has 9 heteroatoms. The van der Waals surface area contributed by atoms with Crippen LogP contribution >= 0.6 is 11.8 Å². The number of aryl methyl sites for hydroxylation is 1. The Hall–Kier alpha value is -3.40. The minimum absolute atomic E-state index is 0.0178. The number of para-hydroxylation sites is 1. The Morgan fingerprint density at radius 3 is 2.28 bits per heavy atom. The third-order valence-corrected chi connectivity index (χ3v) is 8.89. The van der Waals surface area contributed by atoms with E-state index in [0.717, 1.165) is 71.4 Å². The van der Waals surface area contributed by atoms with Crippen molar-refractivity contribution in [3.8, 4) is 0 Å². The fourth-order valence-electron chi connectivity index (χ4n) is 5.29. The van der Waals surface area contributed by atoms with Crippen molar-refractivity contribution in [2.45, 2.75) is 69.2 Å². The smallest absolute Gasteiger partial charge is 0.322 e. The number of urea groups is 1. The number of nitrogens with one attached hydrogen (secondary N) is 1. The van der Waals surface area contributed by atoms with E-state index in [-0.39, 0.29) is 35.0 Å². The molecular formula is C34H44N4O4S. The number of carbonyl (C=O) groups excluding carboxylic acids is 1. The number of anilines is 1. The second-order valence-corrected chi connectivity index (χ2v) is 12.9. The molecule has 1 fully saturated rings. The fourth-order valence-corrected chi connectivity index (χ4v) is 6.20. The van der Waals surface area contributed by atoms with Gasteiger partial charge in [0.1, 0.15) is 0 Å². The number of morpholine rings is 1. The number of non-ortho nitro benzene ring substituents is 1. The second-order valence-electron chi connectivity index (χ2n) is 11.7. The van der Waals surface area contributed by atoms with Gasteiger partial charge in [-0.25, -0.2) is 4.79 Å². The Morgan fingerprint density at radius 2 is 1.67 bits per heavy atom. The number of nitrogens with zero attached hydrogens (tertiary/aromatic N) is 3. The topological polar surface area (TPSA) is 88.0 Å². The molecule has 3 aromatic carbocycles. The van der Waals surface area contributed by atoms with Gasteiger partial charge in [0.25, 0.3) is 5.69 Å². The van der Waals surface area contributed by atoms with Gasteiger partial charge >= 0.3 is 6.03 Å². The molecule has 1 N–H and O–H groups in total. The van der Waals surface area contributed by atoms with Crippen LogP contribution < -0.4 is 5.32 Å². The number of ether oxygens (including phenoxy) is 1. The molecule has 0 aliphatic carbocycles. The molecule has 3 aromatic rings. The average molecular weight is 605 g/mol. The van der Waals surface area contributed by atoms with Gasteiger partial charge in [-0.3, -0.25) is 15.0 Å². The molecular weight excluding hydrogens is 560 g/mol. The van der Waals surface area contributed by atoms with Gasteiger partial charge in [0, 0.05) is 60.3 Å². The van der Waals surface area contributed by atoms with Crippen molar-refractivity contribution in [2.24, 2.45) is 0 Å². The van der Waals surface area contributed by atoms with E-state index in [2.05, 4.69) is 68.2 Å². The predicted octanol–water partition coefficient (Wildman–Crippen LogP) is 8.06. The normalized spacial score (nSPS) is 13.8. The van der Waals surface area contributed by atoms with E-state index in [1.165, 1.54) is 11.6 Å². The first kappa shape index (κ1) is 32.5. The number of amides is 2. The van der Waals surface area contributed by atoms with Crippen molar-refractivity contribution in [3.05, 3.63) is 93.0 Å². The molecule has 0 aromatic heterocycles. The summed E-state index contributed by atoms with van der Waals surface area (Å²) in [4.78, 5) is 31.6. The number of nitro groups is 1. The zero-order valence-electron chi connectivity index (χ0n) is 26.0. The highest BCUT2D eigenvalue weighted by molar-refractivity contribution is 7.99. The quantitative estimate of drug-likeness (QED) is 0.166. The van der Waals surface area contributed by atoms with Crippen molar-refractivity contribution in [1.82, 2.24) is 9.80 Å². The summed E-state index contributed by atoms with van der Waals surface area (Å²) in [6.45, 7) is 15.4. The molecule has 0 spiro atoms.